The van der Waals surface area contributed by atoms with Gasteiger partial charge in [-0.25, -0.2) is 0 Å². The summed E-state index contributed by atoms with van der Waals surface area (Å²) >= 11 is 0. The van der Waals surface area contributed by atoms with Crippen LogP contribution in [0.25, 0.3) is 0 Å². The van der Waals surface area contributed by atoms with Crippen LogP contribution < -0.4 is 0 Å². The largest absolute Gasteiger partial charge is 0.411 e. The van der Waals surface area contributed by atoms with Gasteiger partial charge in [-0.2, -0.15) is 0 Å². The molecule has 0 aliphatic carbocycles. The molecule has 0 amide bonds. The molecule has 0 aliphatic heterocycles. The minimum atomic E-state index is -0.0508. The predicted octanol–water partition coefficient (Wildman–Crippen LogP) is 4.78. The lowest BCUT2D eigenvalue weighted by Crippen LogP contribution is -2.32. The lowest BCUT2D eigenvalue weighted by atomic mass is 9.93. The number of oxime groups is 3. The standard InChI is InChI=1S/C11H17NOSi.2C5H11NO/c1-3-10(12-13)11(2,14)9-7-5-4-6-8-9;2*1-3-5(4-2)6-7/h4-8,13H,3H2,1-2,14H3;2*7H,3-4H2,1-2H3. The van der Waals surface area contributed by atoms with Gasteiger partial charge in [-0.05, 0) is 37.7 Å². The van der Waals surface area contributed by atoms with Crippen molar-refractivity contribution in [2.75, 3.05) is 0 Å². The van der Waals surface area contributed by atoms with Gasteiger partial charge >= 0.3 is 0 Å². The molecule has 0 aliphatic rings. The number of hydrogen-bond acceptors (Lipinski definition) is 6. The Morgan fingerprint density at radius 3 is 1.36 bits per heavy atom. The average Bonchev–Trinajstić information content (AvgIpc) is 2.73. The number of nitrogens with zero attached hydrogens (tertiary/aromatic N) is 3. The van der Waals surface area contributed by atoms with Crippen molar-refractivity contribution in [1.29, 1.82) is 0 Å². The minimum Gasteiger partial charge on any atom is -0.411 e. The lowest BCUT2D eigenvalue weighted by molar-refractivity contribution is 0.314. The zero-order valence-corrected chi connectivity index (χ0v) is 20.6. The van der Waals surface area contributed by atoms with Crippen LogP contribution >= 0.6 is 0 Å². The smallest absolute Gasteiger partial charge is 0.0632 e. The second-order valence-electron chi connectivity index (χ2n) is 6.64. The highest BCUT2D eigenvalue weighted by Crippen LogP contribution is 2.22. The third kappa shape index (κ3) is 10.9. The molecule has 28 heavy (non-hydrogen) atoms. The van der Waals surface area contributed by atoms with Crippen LogP contribution in [0.3, 0.4) is 0 Å². The highest BCUT2D eigenvalue weighted by Gasteiger charge is 2.26. The predicted molar refractivity (Wildman–Crippen MR) is 123 cm³/mol. The van der Waals surface area contributed by atoms with E-state index in [1.807, 2.05) is 52.8 Å². The summed E-state index contributed by atoms with van der Waals surface area (Å²) in [6.07, 6.45) is 4.21. The molecular formula is C21H39N3O3Si. The fraction of sp³-hybridized carbons (Fsp3) is 0.571. The van der Waals surface area contributed by atoms with E-state index in [0.29, 0.717) is 0 Å². The Labute approximate surface area is 173 Å². The van der Waals surface area contributed by atoms with E-state index < -0.39 is 0 Å². The van der Waals surface area contributed by atoms with Gasteiger partial charge in [0.25, 0.3) is 0 Å². The van der Waals surface area contributed by atoms with Crippen molar-refractivity contribution in [2.24, 2.45) is 15.5 Å². The Kier molecular flexibility index (Phi) is 17.0. The first-order valence-corrected chi connectivity index (χ1v) is 11.0. The minimum absolute atomic E-state index is 0.0508. The van der Waals surface area contributed by atoms with Crippen LogP contribution in [0.1, 0.15) is 79.2 Å². The van der Waals surface area contributed by atoms with Crippen molar-refractivity contribution in [2.45, 2.75) is 78.7 Å². The first kappa shape index (κ1) is 28.1. The number of rotatable bonds is 7. The second-order valence-corrected chi connectivity index (χ2v) is 8.64. The van der Waals surface area contributed by atoms with Gasteiger partial charge in [-0.15, -0.1) is 0 Å². The van der Waals surface area contributed by atoms with Crippen molar-refractivity contribution >= 4 is 27.4 Å². The molecule has 0 saturated heterocycles. The summed E-state index contributed by atoms with van der Waals surface area (Å²) in [6, 6.07) is 10.2. The summed E-state index contributed by atoms with van der Waals surface area (Å²) in [4.78, 5) is 0. The zero-order chi connectivity index (χ0) is 22.0. The van der Waals surface area contributed by atoms with Crippen LogP contribution in [0.4, 0.5) is 0 Å². The molecule has 0 bridgehead atoms. The Morgan fingerprint density at radius 2 is 1.14 bits per heavy atom. The maximum atomic E-state index is 8.93. The van der Waals surface area contributed by atoms with Crippen LogP contribution in [0, 0.1) is 0 Å². The molecule has 7 heteroatoms. The Morgan fingerprint density at radius 1 is 0.750 bits per heavy atom. The van der Waals surface area contributed by atoms with Gasteiger partial charge in [0.1, 0.15) is 0 Å². The molecule has 1 unspecified atom stereocenters. The molecular weight excluding hydrogens is 370 g/mol. The van der Waals surface area contributed by atoms with Crippen LogP contribution in [0.5, 0.6) is 0 Å². The van der Waals surface area contributed by atoms with Crippen LogP contribution in [-0.4, -0.2) is 43.0 Å². The molecule has 1 atom stereocenters. The molecule has 1 aromatic carbocycles. The number of benzene rings is 1. The molecule has 0 aromatic heterocycles. The third-order valence-electron chi connectivity index (χ3n) is 4.59. The van der Waals surface area contributed by atoms with Crippen molar-refractivity contribution in [3.8, 4) is 0 Å². The Hall–Kier alpha value is -2.15. The Bertz CT molecular complexity index is 568. The summed E-state index contributed by atoms with van der Waals surface area (Å²) in [7, 11) is 0.947. The fourth-order valence-electron chi connectivity index (χ4n) is 2.44. The first-order valence-electron chi connectivity index (χ1n) is 9.98. The molecule has 0 spiro atoms. The van der Waals surface area contributed by atoms with Gasteiger partial charge in [0.05, 0.1) is 17.1 Å². The lowest BCUT2D eigenvalue weighted by Gasteiger charge is -2.25. The molecule has 0 saturated carbocycles. The molecule has 0 heterocycles. The topological polar surface area (TPSA) is 97.8 Å². The maximum absolute atomic E-state index is 8.93. The number of hydrogen-bond donors (Lipinski definition) is 3. The van der Waals surface area contributed by atoms with Gasteiger partial charge in [-0.3, -0.25) is 0 Å². The van der Waals surface area contributed by atoms with Crippen molar-refractivity contribution < 1.29 is 15.6 Å². The highest BCUT2D eigenvalue weighted by molar-refractivity contribution is 6.29. The van der Waals surface area contributed by atoms with Gasteiger partial charge in [0.2, 0.25) is 0 Å². The van der Waals surface area contributed by atoms with E-state index in [4.69, 9.17) is 15.6 Å². The van der Waals surface area contributed by atoms with E-state index in [0.717, 1.165) is 59.5 Å². The molecule has 3 N–H and O–H groups in total. The van der Waals surface area contributed by atoms with Gasteiger partial charge in [0, 0.05) is 15.3 Å². The SMILES string of the molecule is CCC(=NO)C(C)([SiH3])c1ccccc1.CCC(CC)=NO.CCC(CC)=NO. The maximum Gasteiger partial charge on any atom is 0.0632 e. The summed E-state index contributed by atoms with van der Waals surface area (Å²) in [5.41, 5.74) is 3.83. The zero-order valence-electron chi connectivity index (χ0n) is 18.6. The third-order valence-corrected chi connectivity index (χ3v) is 5.74. The van der Waals surface area contributed by atoms with Crippen molar-refractivity contribution in [3.05, 3.63) is 35.9 Å². The van der Waals surface area contributed by atoms with Crippen LogP contribution in [0.2, 0.25) is 0 Å². The van der Waals surface area contributed by atoms with Crippen molar-refractivity contribution in [3.63, 3.8) is 0 Å². The van der Waals surface area contributed by atoms with Gasteiger partial charge in [0.15, 0.2) is 0 Å². The van der Waals surface area contributed by atoms with E-state index in [-0.39, 0.29) is 5.04 Å². The second kappa shape index (κ2) is 17.0. The van der Waals surface area contributed by atoms with Crippen LogP contribution in [0.15, 0.2) is 45.8 Å². The van der Waals surface area contributed by atoms with Gasteiger partial charge in [-0.1, -0.05) is 87.3 Å². The average molecular weight is 410 g/mol. The summed E-state index contributed by atoms with van der Waals surface area (Å²) in [5.74, 6) is 0. The first-order chi connectivity index (χ1) is 13.3. The summed E-state index contributed by atoms with van der Waals surface area (Å²) < 4.78 is 0. The van der Waals surface area contributed by atoms with Crippen molar-refractivity contribution in [1.82, 2.24) is 0 Å². The fourth-order valence-corrected chi connectivity index (χ4v) is 3.23. The molecule has 0 radical (unpaired) electrons. The summed E-state index contributed by atoms with van der Waals surface area (Å²) in [5, 5.41) is 34.6. The van der Waals surface area contributed by atoms with E-state index in [9.17, 15) is 0 Å². The quantitative estimate of drug-likeness (QED) is 0.261. The van der Waals surface area contributed by atoms with E-state index in [1.54, 1.807) is 0 Å². The normalized spacial score (nSPS) is 12.4. The molecule has 6 nitrogen and oxygen atoms in total. The molecule has 1 rings (SSSR count). The van der Waals surface area contributed by atoms with E-state index >= 15 is 0 Å². The monoisotopic (exact) mass is 409 g/mol. The van der Waals surface area contributed by atoms with Crippen LogP contribution in [-0.2, 0) is 5.04 Å². The highest BCUT2D eigenvalue weighted by atomic mass is 28.1. The molecule has 0 fully saturated rings. The Balaban J connectivity index is 0. The summed E-state index contributed by atoms with van der Waals surface area (Å²) in [6.45, 7) is 12.0. The van der Waals surface area contributed by atoms with Gasteiger partial charge < -0.3 is 15.6 Å². The molecule has 1 aromatic rings. The van der Waals surface area contributed by atoms with E-state index in [2.05, 4.69) is 34.5 Å². The molecule has 160 valence electrons. The van der Waals surface area contributed by atoms with E-state index in [1.165, 1.54) is 5.56 Å².